The Morgan fingerprint density at radius 3 is 2.54 bits per heavy atom. The second-order valence-electron chi connectivity index (χ2n) is 9.99. The van der Waals surface area contributed by atoms with E-state index in [9.17, 15) is 21.6 Å². The van der Waals surface area contributed by atoms with Gasteiger partial charge in [-0.3, -0.25) is 4.90 Å². The largest absolute Gasteiger partial charge is 0.495 e. The third-order valence-electron chi connectivity index (χ3n) is 7.91. The molecule has 3 aliphatic rings. The number of nitrogens with zero attached hydrogens (tertiary/aromatic N) is 3. The first-order valence-electron chi connectivity index (χ1n) is 12.7. The van der Waals surface area contributed by atoms with E-state index in [-0.39, 0.29) is 33.2 Å². The second-order valence-corrected chi connectivity index (χ2v) is 11.9. The van der Waals surface area contributed by atoms with Gasteiger partial charge in [-0.25, -0.2) is 13.4 Å². The Hall–Kier alpha value is -3.07. The number of pyridine rings is 1. The maximum absolute atomic E-state index is 13.4. The lowest BCUT2D eigenvalue weighted by Crippen LogP contribution is -2.73. The molecule has 1 unspecified atom stereocenters. The number of halogens is 3. The number of benzene rings is 1. The Morgan fingerprint density at radius 1 is 1.18 bits per heavy atom. The van der Waals surface area contributed by atoms with Crippen LogP contribution in [0.2, 0.25) is 0 Å². The van der Waals surface area contributed by atoms with Gasteiger partial charge in [-0.15, -0.1) is 0 Å². The standard InChI is InChI=1S/C25H29F3N6O4S/c1-29-18-10-22(32-24-23(18)16(11-30-24)25(26,27)28)31-17-4-3-15(9-20(17)37-2)39(35,36)33-7-5-14(6-8-33)34-12-21-19(34)13-38-21/h3-4,9-11,14,19,21H,5-8,12-13H2,1-2H3,(H3,29,30,31,32)/t19?,21-/m0/s1. The van der Waals surface area contributed by atoms with Crippen molar-refractivity contribution in [1.82, 2.24) is 19.2 Å². The SMILES string of the molecule is CNc1cc(Nc2ccc(S(=O)(=O)N3CCC(N4C[C@@H]5OCC54)CC3)cc2OC)nc2[nH]cc(C(F)(F)F)c12. The number of aromatic amines is 1. The predicted octanol–water partition coefficient (Wildman–Crippen LogP) is 3.61. The number of piperidine rings is 1. The number of ether oxygens (including phenoxy) is 2. The number of sulfonamides is 1. The first kappa shape index (κ1) is 26.2. The summed E-state index contributed by atoms with van der Waals surface area (Å²) in [6.45, 7) is 2.58. The summed E-state index contributed by atoms with van der Waals surface area (Å²) >= 11 is 0. The van der Waals surface area contributed by atoms with Crippen molar-refractivity contribution in [2.75, 3.05) is 51.0 Å². The molecule has 1 aromatic carbocycles. The molecule has 3 aromatic rings. The van der Waals surface area contributed by atoms with Crippen molar-refractivity contribution in [2.45, 2.75) is 42.1 Å². The number of methoxy groups -OCH3 is 1. The molecule has 39 heavy (non-hydrogen) atoms. The molecular weight excluding hydrogens is 537 g/mol. The second kappa shape index (κ2) is 9.54. The lowest BCUT2D eigenvalue weighted by Gasteiger charge is -2.58. The summed E-state index contributed by atoms with van der Waals surface area (Å²) < 4.78 is 79.6. The zero-order chi connectivity index (χ0) is 27.5. The van der Waals surface area contributed by atoms with Gasteiger partial charge in [-0.1, -0.05) is 0 Å². The van der Waals surface area contributed by atoms with Gasteiger partial charge < -0.3 is 25.1 Å². The molecule has 210 valence electrons. The third kappa shape index (κ3) is 4.48. The van der Waals surface area contributed by atoms with Crippen LogP contribution in [0.3, 0.4) is 0 Å². The summed E-state index contributed by atoms with van der Waals surface area (Å²) in [5.41, 5.74) is -0.113. The molecular formula is C25H29F3N6O4S. The van der Waals surface area contributed by atoms with Gasteiger partial charge in [-0.05, 0) is 25.0 Å². The zero-order valence-electron chi connectivity index (χ0n) is 21.4. The molecule has 0 aliphatic carbocycles. The number of fused-ring (bicyclic) bond motifs is 2. The van der Waals surface area contributed by atoms with Crippen molar-refractivity contribution in [3.63, 3.8) is 0 Å². The summed E-state index contributed by atoms with van der Waals surface area (Å²) in [6, 6.07) is 6.83. The van der Waals surface area contributed by atoms with Crippen molar-refractivity contribution in [2.24, 2.45) is 0 Å². The Labute approximate surface area is 223 Å². The van der Waals surface area contributed by atoms with E-state index < -0.39 is 21.8 Å². The van der Waals surface area contributed by atoms with E-state index in [1.54, 1.807) is 6.07 Å². The van der Waals surface area contributed by atoms with E-state index in [1.165, 1.54) is 36.7 Å². The van der Waals surface area contributed by atoms with Crippen molar-refractivity contribution in [3.8, 4) is 5.75 Å². The number of anilines is 3. The molecule has 0 spiro atoms. The van der Waals surface area contributed by atoms with Crippen LogP contribution in [0.5, 0.6) is 5.75 Å². The minimum absolute atomic E-state index is 0.0526. The molecule has 3 N–H and O–H groups in total. The van der Waals surface area contributed by atoms with Crippen molar-refractivity contribution in [3.05, 3.63) is 36.0 Å². The van der Waals surface area contributed by atoms with Crippen LogP contribution in [0, 0.1) is 0 Å². The maximum Gasteiger partial charge on any atom is 0.418 e. The average molecular weight is 567 g/mol. The number of hydrogen-bond donors (Lipinski definition) is 3. The van der Waals surface area contributed by atoms with E-state index in [1.807, 2.05) is 0 Å². The first-order chi connectivity index (χ1) is 18.6. The highest BCUT2D eigenvalue weighted by atomic mass is 32.2. The number of rotatable bonds is 7. The fourth-order valence-electron chi connectivity index (χ4n) is 5.68. The number of hydrogen-bond acceptors (Lipinski definition) is 8. The predicted molar refractivity (Wildman–Crippen MR) is 139 cm³/mol. The molecule has 6 rings (SSSR count). The van der Waals surface area contributed by atoms with Crippen LogP contribution < -0.4 is 15.4 Å². The van der Waals surface area contributed by atoms with Crippen LogP contribution in [0.25, 0.3) is 11.0 Å². The Bertz CT molecular complexity index is 1500. The average Bonchev–Trinajstić information content (AvgIpc) is 3.35. The molecule has 10 nitrogen and oxygen atoms in total. The fourth-order valence-corrected chi connectivity index (χ4v) is 7.17. The summed E-state index contributed by atoms with van der Waals surface area (Å²) in [6.07, 6.45) is -1.75. The van der Waals surface area contributed by atoms with Gasteiger partial charge >= 0.3 is 6.18 Å². The molecule has 0 saturated carbocycles. The highest BCUT2D eigenvalue weighted by molar-refractivity contribution is 7.89. The van der Waals surface area contributed by atoms with Crippen LogP contribution in [0.1, 0.15) is 18.4 Å². The molecule has 2 aromatic heterocycles. The van der Waals surface area contributed by atoms with E-state index in [0.29, 0.717) is 37.0 Å². The zero-order valence-corrected chi connectivity index (χ0v) is 22.2. The molecule has 0 radical (unpaired) electrons. The van der Waals surface area contributed by atoms with Crippen LogP contribution in [0.4, 0.5) is 30.4 Å². The smallest absolute Gasteiger partial charge is 0.418 e. The lowest BCUT2D eigenvalue weighted by molar-refractivity contribution is -0.229. The third-order valence-corrected chi connectivity index (χ3v) is 9.80. The number of H-pyrrole nitrogens is 1. The van der Waals surface area contributed by atoms with Crippen molar-refractivity contribution < 1.29 is 31.1 Å². The minimum atomic E-state index is -4.54. The molecule has 14 heteroatoms. The maximum atomic E-state index is 13.4. The van der Waals surface area contributed by atoms with E-state index >= 15 is 0 Å². The van der Waals surface area contributed by atoms with Gasteiger partial charge in [0, 0.05) is 56.7 Å². The van der Waals surface area contributed by atoms with Crippen LogP contribution in [-0.4, -0.2) is 86.2 Å². The first-order valence-corrected chi connectivity index (χ1v) is 14.1. The molecule has 5 heterocycles. The van der Waals surface area contributed by atoms with Crippen LogP contribution >= 0.6 is 0 Å². The van der Waals surface area contributed by atoms with E-state index in [0.717, 1.165) is 32.2 Å². The fraction of sp³-hybridized carbons (Fsp3) is 0.480. The molecule has 3 aliphatic heterocycles. The van der Waals surface area contributed by atoms with Crippen LogP contribution in [0.15, 0.2) is 35.4 Å². The monoisotopic (exact) mass is 566 g/mol. The van der Waals surface area contributed by atoms with Gasteiger partial charge in [0.05, 0.1) is 47.4 Å². The Balaban J connectivity index is 1.20. The van der Waals surface area contributed by atoms with E-state index in [4.69, 9.17) is 9.47 Å². The highest BCUT2D eigenvalue weighted by Gasteiger charge is 2.50. The highest BCUT2D eigenvalue weighted by Crippen LogP contribution is 2.40. The van der Waals surface area contributed by atoms with Crippen molar-refractivity contribution >= 4 is 38.2 Å². The number of nitrogens with one attached hydrogen (secondary N) is 3. The quantitative estimate of drug-likeness (QED) is 0.398. The van der Waals surface area contributed by atoms with E-state index in [2.05, 4.69) is 25.5 Å². The topological polar surface area (TPSA) is 112 Å². The minimum Gasteiger partial charge on any atom is -0.495 e. The van der Waals surface area contributed by atoms with Gasteiger partial charge in [0.2, 0.25) is 10.0 Å². The number of aromatic nitrogens is 2. The lowest BCUT2D eigenvalue weighted by atomic mass is 9.89. The molecule has 0 bridgehead atoms. The van der Waals surface area contributed by atoms with Gasteiger partial charge in [0.25, 0.3) is 0 Å². The van der Waals surface area contributed by atoms with Gasteiger partial charge in [0.1, 0.15) is 17.2 Å². The van der Waals surface area contributed by atoms with Crippen LogP contribution in [-0.2, 0) is 20.9 Å². The van der Waals surface area contributed by atoms with Gasteiger partial charge in [0.15, 0.2) is 0 Å². The summed E-state index contributed by atoms with van der Waals surface area (Å²) in [7, 11) is -0.794. The molecule has 0 amide bonds. The Kier molecular flexibility index (Phi) is 6.40. The summed E-state index contributed by atoms with van der Waals surface area (Å²) in [5, 5.41) is 5.76. The molecule has 3 saturated heterocycles. The summed E-state index contributed by atoms with van der Waals surface area (Å²) in [4.78, 5) is 9.40. The molecule has 3 fully saturated rings. The number of alkyl halides is 3. The molecule has 2 atom stereocenters. The Morgan fingerprint density at radius 2 is 1.95 bits per heavy atom. The van der Waals surface area contributed by atoms with Crippen molar-refractivity contribution in [1.29, 1.82) is 0 Å². The summed E-state index contributed by atoms with van der Waals surface area (Å²) in [5.74, 6) is 0.515. The van der Waals surface area contributed by atoms with Gasteiger partial charge in [-0.2, -0.15) is 17.5 Å². The number of likely N-dealkylation sites (tertiary alicyclic amines) is 1. The normalized spacial score (nSPS) is 22.7. The number of morpholine rings is 1.